The van der Waals surface area contributed by atoms with Gasteiger partial charge in [-0.1, -0.05) is 12.8 Å². The van der Waals surface area contributed by atoms with Gasteiger partial charge in [0, 0.05) is 19.5 Å². The van der Waals surface area contributed by atoms with Crippen molar-refractivity contribution in [2.45, 2.75) is 31.8 Å². The van der Waals surface area contributed by atoms with Crippen molar-refractivity contribution < 1.29 is 5.11 Å². The molecular weight excluding hydrogens is 242 g/mol. The molecule has 0 aromatic carbocycles. The minimum absolute atomic E-state index is 0.188. The number of nitrogens with one attached hydrogen (secondary N) is 1. The molecule has 2 atom stereocenters. The van der Waals surface area contributed by atoms with Gasteiger partial charge in [-0.25, -0.2) is 9.97 Å². The highest BCUT2D eigenvalue weighted by atomic mass is 16.3. The Bertz CT molecular complexity index is 567. The van der Waals surface area contributed by atoms with Gasteiger partial charge in [-0.05, 0) is 12.8 Å². The highest BCUT2D eigenvalue weighted by molar-refractivity contribution is 5.85. The Hall–Kier alpha value is -1.69. The molecule has 19 heavy (non-hydrogen) atoms. The van der Waals surface area contributed by atoms with Crippen LogP contribution in [0, 0.1) is 5.92 Å². The average molecular weight is 261 g/mol. The number of anilines is 1. The first kappa shape index (κ1) is 12.3. The molecule has 2 heterocycles. The molecule has 3 rings (SSSR count). The Morgan fingerprint density at radius 3 is 3.05 bits per heavy atom. The average Bonchev–Trinajstić information content (AvgIpc) is 2.81. The van der Waals surface area contributed by atoms with Crippen molar-refractivity contribution in [2.24, 2.45) is 13.0 Å². The Kier molecular flexibility index (Phi) is 3.33. The van der Waals surface area contributed by atoms with Crippen molar-refractivity contribution in [3.05, 3.63) is 12.5 Å². The van der Waals surface area contributed by atoms with Gasteiger partial charge in [-0.2, -0.15) is 5.10 Å². The van der Waals surface area contributed by atoms with Gasteiger partial charge in [0.25, 0.3) is 0 Å². The molecule has 1 aliphatic rings. The Labute approximate surface area is 111 Å². The minimum Gasteiger partial charge on any atom is -0.393 e. The van der Waals surface area contributed by atoms with E-state index < -0.39 is 0 Å². The number of aromatic nitrogens is 4. The van der Waals surface area contributed by atoms with Crippen LogP contribution in [0.15, 0.2) is 12.5 Å². The predicted molar refractivity (Wildman–Crippen MR) is 72.8 cm³/mol. The molecule has 0 spiro atoms. The molecule has 0 amide bonds. The van der Waals surface area contributed by atoms with E-state index in [1.807, 2.05) is 7.05 Å². The van der Waals surface area contributed by atoms with E-state index in [4.69, 9.17) is 0 Å². The molecule has 6 heteroatoms. The second-order valence-corrected chi connectivity index (χ2v) is 5.22. The molecule has 6 nitrogen and oxygen atoms in total. The number of aliphatic hydroxyl groups is 1. The molecule has 102 valence electrons. The van der Waals surface area contributed by atoms with Crippen LogP contribution in [0.1, 0.15) is 25.7 Å². The fourth-order valence-corrected chi connectivity index (χ4v) is 2.76. The molecule has 2 aromatic heterocycles. The maximum atomic E-state index is 9.98. The molecule has 1 aliphatic carbocycles. The first-order valence-electron chi connectivity index (χ1n) is 6.80. The van der Waals surface area contributed by atoms with Crippen LogP contribution in [0.4, 0.5) is 5.82 Å². The highest BCUT2D eigenvalue weighted by Gasteiger charge is 2.23. The number of aliphatic hydroxyl groups excluding tert-OH is 1. The number of fused-ring (bicyclic) bond motifs is 1. The van der Waals surface area contributed by atoms with Crippen molar-refractivity contribution in [3.8, 4) is 0 Å². The zero-order valence-electron chi connectivity index (χ0n) is 11.1. The maximum Gasteiger partial charge on any atom is 0.163 e. The van der Waals surface area contributed by atoms with Gasteiger partial charge in [-0.15, -0.1) is 0 Å². The Balaban J connectivity index is 1.74. The van der Waals surface area contributed by atoms with Crippen molar-refractivity contribution in [2.75, 3.05) is 11.9 Å². The molecule has 0 bridgehead atoms. The normalized spacial score (nSPS) is 23.7. The number of nitrogens with zero attached hydrogens (tertiary/aromatic N) is 4. The largest absolute Gasteiger partial charge is 0.393 e. The lowest BCUT2D eigenvalue weighted by Crippen LogP contribution is -2.30. The number of rotatable bonds is 3. The van der Waals surface area contributed by atoms with E-state index in [0.717, 1.165) is 42.7 Å². The van der Waals surface area contributed by atoms with Gasteiger partial charge in [0.15, 0.2) is 5.65 Å². The fraction of sp³-hybridized carbons (Fsp3) is 0.615. The minimum atomic E-state index is -0.188. The molecule has 1 fully saturated rings. The SMILES string of the molecule is Cn1ncc2c(NCC3CCCCC3O)ncnc21. The topological polar surface area (TPSA) is 75.9 Å². The molecule has 2 unspecified atom stereocenters. The second-order valence-electron chi connectivity index (χ2n) is 5.22. The van der Waals surface area contributed by atoms with Gasteiger partial charge in [0.2, 0.25) is 0 Å². The third kappa shape index (κ3) is 2.40. The molecule has 2 N–H and O–H groups in total. The summed E-state index contributed by atoms with van der Waals surface area (Å²) in [7, 11) is 1.87. The quantitative estimate of drug-likeness (QED) is 0.871. The third-order valence-corrected chi connectivity index (χ3v) is 3.93. The first-order chi connectivity index (χ1) is 9.25. The molecular formula is C13H19N5O. The lowest BCUT2D eigenvalue weighted by molar-refractivity contribution is 0.0763. The van der Waals surface area contributed by atoms with Crippen molar-refractivity contribution >= 4 is 16.9 Å². The summed E-state index contributed by atoms with van der Waals surface area (Å²) in [6.45, 7) is 0.752. The third-order valence-electron chi connectivity index (χ3n) is 3.93. The van der Waals surface area contributed by atoms with Crippen LogP contribution in [0.25, 0.3) is 11.0 Å². The molecule has 1 saturated carbocycles. The van der Waals surface area contributed by atoms with Crippen LogP contribution in [-0.4, -0.2) is 37.5 Å². The van der Waals surface area contributed by atoms with Gasteiger partial charge < -0.3 is 10.4 Å². The smallest absolute Gasteiger partial charge is 0.163 e. The van der Waals surface area contributed by atoms with Crippen LogP contribution in [0.3, 0.4) is 0 Å². The van der Waals surface area contributed by atoms with E-state index in [9.17, 15) is 5.11 Å². The molecule has 2 aromatic rings. The molecule has 0 saturated heterocycles. The van der Waals surface area contributed by atoms with Gasteiger partial charge >= 0.3 is 0 Å². The van der Waals surface area contributed by atoms with E-state index in [1.165, 1.54) is 6.42 Å². The Morgan fingerprint density at radius 1 is 1.37 bits per heavy atom. The lowest BCUT2D eigenvalue weighted by Gasteiger charge is -2.27. The predicted octanol–water partition coefficient (Wildman–Crippen LogP) is 1.33. The van der Waals surface area contributed by atoms with Gasteiger partial charge in [0.1, 0.15) is 12.1 Å². The summed E-state index contributed by atoms with van der Waals surface area (Å²) in [6.07, 6.45) is 7.47. The number of hydrogen-bond donors (Lipinski definition) is 2. The van der Waals surface area contributed by atoms with Crippen LogP contribution in [0.5, 0.6) is 0 Å². The van der Waals surface area contributed by atoms with E-state index in [2.05, 4.69) is 20.4 Å². The van der Waals surface area contributed by atoms with Gasteiger partial charge in [-0.3, -0.25) is 4.68 Å². The second kappa shape index (κ2) is 5.13. The first-order valence-corrected chi connectivity index (χ1v) is 6.80. The monoisotopic (exact) mass is 261 g/mol. The van der Waals surface area contributed by atoms with E-state index in [1.54, 1.807) is 17.2 Å². The van der Waals surface area contributed by atoms with Crippen molar-refractivity contribution in [1.29, 1.82) is 0 Å². The van der Waals surface area contributed by atoms with Crippen LogP contribution in [-0.2, 0) is 7.05 Å². The molecule has 0 aliphatic heterocycles. The summed E-state index contributed by atoms with van der Waals surface area (Å²) in [4.78, 5) is 8.48. The summed E-state index contributed by atoms with van der Waals surface area (Å²) in [5, 5.41) is 18.4. The standard InChI is InChI=1S/C13H19N5O/c1-18-13-10(7-17-18)12(15-8-16-13)14-6-9-4-2-3-5-11(9)19/h7-9,11,19H,2-6H2,1H3,(H,14,15,16). The summed E-state index contributed by atoms with van der Waals surface area (Å²) in [5.74, 6) is 1.12. The van der Waals surface area contributed by atoms with Crippen LogP contribution >= 0.6 is 0 Å². The van der Waals surface area contributed by atoms with Crippen molar-refractivity contribution in [1.82, 2.24) is 19.7 Å². The lowest BCUT2D eigenvalue weighted by atomic mass is 9.86. The maximum absolute atomic E-state index is 9.98. The number of hydrogen-bond acceptors (Lipinski definition) is 5. The zero-order chi connectivity index (χ0) is 13.2. The van der Waals surface area contributed by atoms with E-state index in [0.29, 0.717) is 5.92 Å². The Morgan fingerprint density at radius 2 is 2.21 bits per heavy atom. The van der Waals surface area contributed by atoms with E-state index >= 15 is 0 Å². The summed E-state index contributed by atoms with van der Waals surface area (Å²) < 4.78 is 1.73. The fourth-order valence-electron chi connectivity index (χ4n) is 2.76. The zero-order valence-corrected chi connectivity index (χ0v) is 11.1. The summed E-state index contributed by atoms with van der Waals surface area (Å²) >= 11 is 0. The van der Waals surface area contributed by atoms with Crippen molar-refractivity contribution in [3.63, 3.8) is 0 Å². The van der Waals surface area contributed by atoms with Gasteiger partial charge in [0.05, 0.1) is 17.7 Å². The summed E-state index contributed by atoms with van der Waals surface area (Å²) in [6, 6.07) is 0. The van der Waals surface area contributed by atoms with Crippen LogP contribution < -0.4 is 5.32 Å². The highest BCUT2D eigenvalue weighted by Crippen LogP contribution is 2.25. The molecule has 0 radical (unpaired) electrons. The summed E-state index contributed by atoms with van der Waals surface area (Å²) in [5.41, 5.74) is 0.821. The number of aryl methyl sites for hydroxylation is 1. The van der Waals surface area contributed by atoms with E-state index in [-0.39, 0.29) is 6.10 Å². The van der Waals surface area contributed by atoms with Crippen LogP contribution in [0.2, 0.25) is 0 Å².